The summed E-state index contributed by atoms with van der Waals surface area (Å²) < 4.78 is 5.95. The lowest BCUT2D eigenvalue weighted by molar-refractivity contribution is 0.0364. The third-order valence-corrected chi connectivity index (χ3v) is 5.17. The molecule has 0 saturated carbocycles. The van der Waals surface area contributed by atoms with E-state index >= 15 is 0 Å². The largest absolute Gasteiger partial charge is 0.486 e. The lowest BCUT2D eigenvalue weighted by Crippen LogP contribution is -2.23. The molecule has 0 bridgehead atoms. The van der Waals surface area contributed by atoms with Crippen molar-refractivity contribution in [1.29, 1.82) is 0 Å². The first-order valence-electron chi connectivity index (χ1n) is 9.30. The van der Waals surface area contributed by atoms with Gasteiger partial charge in [0.25, 0.3) is 0 Å². The van der Waals surface area contributed by atoms with Gasteiger partial charge in [0.15, 0.2) is 5.84 Å². The van der Waals surface area contributed by atoms with Crippen molar-refractivity contribution < 1.29 is 9.57 Å². The fraction of sp³-hybridized carbons (Fsp3) is 0.381. The number of benzene rings is 2. The Morgan fingerprint density at radius 1 is 1.08 bits per heavy atom. The first-order chi connectivity index (χ1) is 12.8. The molecule has 1 unspecified atom stereocenters. The first kappa shape index (κ1) is 17.1. The number of hydrogen-bond donors (Lipinski definition) is 2. The van der Waals surface area contributed by atoms with E-state index < -0.39 is 0 Å². The maximum absolute atomic E-state index is 5.95. The minimum atomic E-state index is -0.309. The molecule has 0 aromatic heterocycles. The summed E-state index contributed by atoms with van der Waals surface area (Å²) in [5.74, 6) is 2.84. The molecule has 1 fully saturated rings. The van der Waals surface area contributed by atoms with E-state index in [1.807, 2.05) is 36.4 Å². The molecule has 0 radical (unpaired) electrons. The number of amidine groups is 1. The highest BCUT2D eigenvalue weighted by atomic mass is 16.7. The predicted molar refractivity (Wildman–Crippen MR) is 102 cm³/mol. The summed E-state index contributed by atoms with van der Waals surface area (Å²) in [6.07, 6.45) is 0.887. The van der Waals surface area contributed by atoms with Crippen molar-refractivity contribution in [3.8, 4) is 5.75 Å². The van der Waals surface area contributed by atoms with Crippen molar-refractivity contribution in [2.45, 2.75) is 25.5 Å². The van der Waals surface area contributed by atoms with Crippen LogP contribution in [0.15, 0.2) is 59.6 Å². The van der Waals surface area contributed by atoms with Crippen LogP contribution in [0.1, 0.15) is 36.6 Å². The molecular weight excluding hydrogens is 326 g/mol. The molecule has 0 spiro atoms. The predicted octanol–water partition coefficient (Wildman–Crippen LogP) is 3.41. The highest BCUT2D eigenvalue weighted by Crippen LogP contribution is 2.32. The van der Waals surface area contributed by atoms with Crippen LogP contribution >= 0.6 is 0 Å². The molecule has 2 heterocycles. The molecule has 2 N–H and O–H groups in total. The summed E-state index contributed by atoms with van der Waals surface area (Å²) >= 11 is 0. The van der Waals surface area contributed by atoms with Crippen LogP contribution in [0, 0.1) is 5.92 Å². The van der Waals surface area contributed by atoms with E-state index in [4.69, 9.17) is 9.57 Å². The van der Waals surface area contributed by atoms with Crippen molar-refractivity contribution in [2.75, 3.05) is 19.7 Å². The van der Waals surface area contributed by atoms with E-state index in [0.717, 1.165) is 24.4 Å². The van der Waals surface area contributed by atoms with Crippen LogP contribution in [0.5, 0.6) is 5.75 Å². The third kappa shape index (κ3) is 3.74. The van der Waals surface area contributed by atoms with Gasteiger partial charge in [0.1, 0.15) is 12.4 Å². The fourth-order valence-corrected chi connectivity index (χ4v) is 3.68. The molecule has 2 aromatic carbocycles. The van der Waals surface area contributed by atoms with Gasteiger partial charge in [-0.3, -0.25) is 0 Å². The number of aliphatic imine (C=N–C) groups is 1. The summed E-state index contributed by atoms with van der Waals surface area (Å²) in [6, 6.07) is 18.4. The Morgan fingerprint density at radius 2 is 1.92 bits per heavy atom. The minimum Gasteiger partial charge on any atom is -0.486 e. The molecule has 5 nitrogen and oxygen atoms in total. The number of hydroxylamine groups is 1. The molecule has 26 heavy (non-hydrogen) atoms. The Morgan fingerprint density at radius 3 is 2.77 bits per heavy atom. The molecule has 2 aliphatic heterocycles. The average molecular weight is 351 g/mol. The zero-order chi connectivity index (χ0) is 17.8. The summed E-state index contributed by atoms with van der Waals surface area (Å²) in [4.78, 5) is 10.1. The quantitative estimate of drug-likeness (QED) is 0.837. The van der Waals surface area contributed by atoms with Gasteiger partial charge in [-0.1, -0.05) is 55.8 Å². The van der Waals surface area contributed by atoms with Crippen LogP contribution in [0.4, 0.5) is 0 Å². The van der Waals surface area contributed by atoms with Gasteiger partial charge in [0, 0.05) is 18.0 Å². The van der Waals surface area contributed by atoms with Crippen molar-refractivity contribution in [2.24, 2.45) is 10.9 Å². The Kier molecular flexibility index (Phi) is 5.18. The number of nitrogens with one attached hydrogen (secondary N) is 2. The molecule has 2 aliphatic rings. The highest BCUT2D eigenvalue weighted by molar-refractivity contribution is 5.83. The molecule has 2 aromatic rings. The fourth-order valence-electron chi connectivity index (χ4n) is 3.68. The zero-order valence-electron chi connectivity index (χ0n) is 15.0. The monoisotopic (exact) mass is 351 g/mol. The first-order valence-corrected chi connectivity index (χ1v) is 9.30. The van der Waals surface area contributed by atoms with Crippen LogP contribution < -0.4 is 15.5 Å². The van der Waals surface area contributed by atoms with E-state index in [9.17, 15) is 0 Å². The molecule has 0 amide bonds. The summed E-state index contributed by atoms with van der Waals surface area (Å²) in [7, 11) is 0. The van der Waals surface area contributed by atoms with E-state index in [1.54, 1.807) is 0 Å². The van der Waals surface area contributed by atoms with Crippen LogP contribution in [-0.4, -0.2) is 25.5 Å². The second-order valence-corrected chi connectivity index (χ2v) is 6.85. The smallest absolute Gasteiger partial charge is 0.202 e. The highest BCUT2D eigenvalue weighted by Gasteiger charge is 2.27. The molecule has 4 rings (SSSR count). The normalized spacial score (nSPS) is 25.0. The Labute approximate surface area is 154 Å². The second kappa shape index (κ2) is 7.89. The standard InChI is InChI=1S/C21H25N3O2/c1-2-15-12-22-13-19(15)17-9-6-10-18(11-17)25-14-20-23-21(26-24-20)16-7-4-3-5-8-16/h3-11,15,19,21-22H,2,12-14H2,1H3,(H,23,24)/t15-,19+,21?/m0/s1. The SMILES string of the molecule is CC[C@H]1CNC[C@H]1c1cccc(OCC2=NC(c3ccccc3)ON2)c1. The molecule has 0 aliphatic carbocycles. The van der Waals surface area contributed by atoms with Gasteiger partial charge in [-0.05, 0) is 30.2 Å². The molecular formula is C21H25N3O2. The molecule has 1 saturated heterocycles. The van der Waals surface area contributed by atoms with Gasteiger partial charge in [-0.2, -0.15) is 0 Å². The molecule has 3 atom stereocenters. The molecule has 5 heteroatoms. The van der Waals surface area contributed by atoms with Crippen LogP contribution in [0.2, 0.25) is 0 Å². The van der Waals surface area contributed by atoms with Gasteiger partial charge in [-0.15, -0.1) is 0 Å². The van der Waals surface area contributed by atoms with Gasteiger partial charge < -0.3 is 10.1 Å². The van der Waals surface area contributed by atoms with Gasteiger partial charge >= 0.3 is 0 Å². The molecule has 136 valence electrons. The van der Waals surface area contributed by atoms with Crippen LogP contribution in [0.3, 0.4) is 0 Å². The lowest BCUT2D eigenvalue weighted by Gasteiger charge is -2.18. The zero-order valence-corrected chi connectivity index (χ0v) is 15.0. The average Bonchev–Trinajstić information content (AvgIpc) is 3.36. The van der Waals surface area contributed by atoms with Gasteiger partial charge in [0.05, 0.1) is 0 Å². The van der Waals surface area contributed by atoms with Gasteiger partial charge in [0.2, 0.25) is 6.23 Å². The number of hydrogen-bond acceptors (Lipinski definition) is 5. The second-order valence-electron chi connectivity index (χ2n) is 6.85. The summed E-state index contributed by atoms with van der Waals surface area (Å²) in [5.41, 5.74) is 5.25. The number of nitrogens with zero attached hydrogens (tertiary/aromatic N) is 1. The maximum Gasteiger partial charge on any atom is 0.202 e. The summed E-state index contributed by atoms with van der Waals surface area (Å²) in [5, 5.41) is 3.50. The van der Waals surface area contributed by atoms with Crippen LogP contribution in [-0.2, 0) is 4.84 Å². The van der Waals surface area contributed by atoms with Crippen molar-refractivity contribution >= 4 is 5.84 Å². The number of rotatable bonds is 6. The summed E-state index contributed by atoms with van der Waals surface area (Å²) in [6.45, 7) is 4.78. The van der Waals surface area contributed by atoms with Gasteiger partial charge in [-0.25, -0.2) is 15.3 Å². The topological polar surface area (TPSA) is 54.9 Å². The van der Waals surface area contributed by atoms with Crippen molar-refractivity contribution in [1.82, 2.24) is 10.8 Å². The Balaban J connectivity index is 1.39. The Hall–Kier alpha value is -2.37. The van der Waals surface area contributed by atoms with Crippen molar-refractivity contribution in [3.63, 3.8) is 0 Å². The van der Waals surface area contributed by atoms with E-state index in [2.05, 4.69) is 40.9 Å². The number of ether oxygens (including phenoxy) is 1. The van der Waals surface area contributed by atoms with Crippen molar-refractivity contribution in [3.05, 3.63) is 65.7 Å². The Bertz CT molecular complexity index is 763. The van der Waals surface area contributed by atoms with E-state index in [-0.39, 0.29) is 6.23 Å². The van der Waals surface area contributed by atoms with E-state index in [1.165, 1.54) is 12.0 Å². The third-order valence-electron chi connectivity index (χ3n) is 5.17. The lowest BCUT2D eigenvalue weighted by atomic mass is 9.87. The maximum atomic E-state index is 5.95. The van der Waals surface area contributed by atoms with E-state index in [0.29, 0.717) is 24.3 Å². The van der Waals surface area contributed by atoms with Crippen LogP contribution in [0.25, 0.3) is 0 Å². The minimum absolute atomic E-state index is 0.309.